The van der Waals surface area contributed by atoms with E-state index < -0.39 is 0 Å². The number of benzene rings is 1. The fraction of sp³-hybridized carbons (Fsp3) is 0.571. The Morgan fingerprint density at radius 2 is 2.24 bits per heavy atom. The van der Waals surface area contributed by atoms with Crippen LogP contribution in [0.25, 0.3) is 0 Å². The third-order valence-electron chi connectivity index (χ3n) is 3.32. The topological polar surface area (TPSA) is 35.2 Å². The first kappa shape index (κ1) is 12.4. The summed E-state index contributed by atoms with van der Waals surface area (Å²) in [5.74, 6) is 0.371. The van der Waals surface area contributed by atoms with E-state index in [4.69, 9.17) is 10.5 Å². The van der Waals surface area contributed by atoms with Crippen LogP contribution in [0, 0.1) is 5.82 Å². The molecule has 0 fully saturated rings. The number of fused-ring (bicyclic) bond motifs is 1. The molecule has 0 radical (unpaired) electrons. The zero-order valence-corrected chi connectivity index (χ0v) is 10.3. The highest BCUT2D eigenvalue weighted by Gasteiger charge is 2.25. The summed E-state index contributed by atoms with van der Waals surface area (Å²) in [5.41, 5.74) is 7.02. The van der Waals surface area contributed by atoms with Gasteiger partial charge in [0.25, 0.3) is 0 Å². The van der Waals surface area contributed by atoms with Gasteiger partial charge in [0.1, 0.15) is 17.7 Å². The second kappa shape index (κ2) is 5.50. The molecule has 1 aromatic carbocycles. The molecule has 1 unspecified atom stereocenters. The Labute approximate surface area is 102 Å². The number of ether oxygens (including phenoxy) is 1. The highest BCUT2D eigenvalue weighted by molar-refractivity contribution is 5.38. The lowest BCUT2D eigenvalue weighted by atomic mass is 9.94. The average Bonchev–Trinajstić information content (AvgIpc) is 2.28. The standard InChI is InChI=1S/C14H20FNO/c1-2-3-4-5-11-9-13(16)12-7-6-10(15)8-14(12)17-11/h6-8,11,13H,2-5,9,16H2,1H3/t11?,13-/m0/s1. The minimum absolute atomic E-state index is 0.0222. The van der Waals surface area contributed by atoms with Gasteiger partial charge in [-0.2, -0.15) is 0 Å². The van der Waals surface area contributed by atoms with Crippen molar-refractivity contribution in [2.45, 2.75) is 51.2 Å². The van der Waals surface area contributed by atoms with Gasteiger partial charge < -0.3 is 10.5 Å². The van der Waals surface area contributed by atoms with Crippen LogP contribution in [0.15, 0.2) is 18.2 Å². The van der Waals surface area contributed by atoms with Gasteiger partial charge in [0.2, 0.25) is 0 Å². The lowest BCUT2D eigenvalue weighted by molar-refractivity contribution is 0.146. The summed E-state index contributed by atoms with van der Waals surface area (Å²) in [4.78, 5) is 0. The molecule has 1 aliphatic heterocycles. The Bertz CT molecular complexity index is 380. The van der Waals surface area contributed by atoms with E-state index in [1.807, 2.05) is 0 Å². The predicted molar refractivity (Wildman–Crippen MR) is 66.5 cm³/mol. The molecule has 2 nitrogen and oxygen atoms in total. The van der Waals surface area contributed by atoms with Crippen molar-refractivity contribution in [3.63, 3.8) is 0 Å². The maximum atomic E-state index is 13.1. The van der Waals surface area contributed by atoms with Gasteiger partial charge in [-0.1, -0.05) is 25.8 Å². The second-order valence-corrected chi connectivity index (χ2v) is 4.76. The summed E-state index contributed by atoms with van der Waals surface area (Å²) in [6, 6.07) is 4.60. The van der Waals surface area contributed by atoms with Crippen LogP contribution in [0.5, 0.6) is 5.75 Å². The summed E-state index contributed by atoms with van der Waals surface area (Å²) >= 11 is 0. The smallest absolute Gasteiger partial charge is 0.127 e. The molecule has 1 aliphatic rings. The van der Waals surface area contributed by atoms with E-state index in [0.29, 0.717) is 5.75 Å². The van der Waals surface area contributed by atoms with E-state index in [0.717, 1.165) is 24.8 Å². The van der Waals surface area contributed by atoms with Crippen LogP contribution in [0.1, 0.15) is 50.6 Å². The fourth-order valence-electron chi connectivity index (χ4n) is 2.35. The third-order valence-corrected chi connectivity index (χ3v) is 3.32. The first-order chi connectivity index (χ1) is 8.20. The van der Waals surface area contributed by atoms with Crippen molar-refractivity contribution in [2.24, 2.45) is 5.73 Å². The van der Waals surface area contributed by atoms with Gasteiger partial charge >= 0.3 is 0 Å². The molecule has 0 saturated carbocycles. The van der Waals surface area contributed by atoms with Crippen molar-refractivity contribution in [1.82, 2.24) is 0 Å². The maximum Gasteiger partial charge on any atom is 0.127 e. The molecule has 1 aromatic rings. The summed E-state index contributed by atoms with van der Waals surface area (Å²) in [7, 11) is 0. The molecule has 2 atom stereocenters. The van der Waals surface area contributed by atoms with Gasteiger partial charge in [-0.05, 0) is 18.9 Å². The van der Waals surface area contributed by atoms with E-state index in [1.165, 1.54) is 25.0 Å². The van der Waals surface area contributed by atoms with Gasteiger partial charge in [0, 0.05) is 24.1 Å². The van der Waals surface area contributed by atoms with Gasteiger partial charge in [-0.3, -0.25) is 0 Å². The highest BCUT2D eigenvalue weighted by atomic mass is 19.1. The lowest BCUT2D eigenvalue weighted by Crippen LogP contribution is -2.29. The quantitative estimate of drug-likeness (QED) is 0.813. The van der Waals surface area contributed by atoms with Gasteiger partial charge in [-0.25, -0.2) is 4.39 Å². The lowest BCUT2D eigenvalue weighted by Gasteiger charge is -2.30. The summed E-state index contributed by atoms with van der Waals surface area (Å²) in [5, 5.41) is 0. The van der Waals surface area contributed by atoms with E-state index in [2.05, 4.69) is 6.92 Å². The molecule has 2 rings (SSSR count). The van der Waals surface area contributed by atoms with Crippen LogP contribution in [-0.4, -0.2) is 6.10 Å². The zero-order valence-electron chi connectivity index (χ0n) is 10.3. The van der Waals surface area contributed by atoms with Crippen LogP contribution in [0.3, 0.4) is 0 Å². The molecule has 0 bridgehead atoms. The van der Waals surface area contributed by atoms with Crippen LogP contribution in [0.4, 0.5) is 4.39 Å². The number of hydrogen-bond donors (Lipinski definition) is 1. The first-order valence-electron chi connectivity index (χ1n) is 6.42. The molecule has 0 aliphatic carbocycles. The van der Waals surface area contributed by atoms with Crippen molar-refractivity contribution < 1.29 is 9.13 Å². The van der Waals surface area contributed by atoms with Crippen molar-refractivity contribution in [1.29, 1.82) is 0 Å². The maximum absolute atomic E-state index is 13.1. The molecule has 94 valence electrons. The number of halogens is 1. The Balaban J connectivity index is 2.04. The van der Waals surface area contributed by atoms with Crippen LogP contribution in [-0.2, 0) is 0 Å². The fourth-order valence-corrected chi connectivity index (χ4v) is 2.35. The van der Waals surface area contributed by atoms with Crippen molar-refractivity contribution in [2.75, 3.05) is 0 Å². The monoisotopic (exact) mass is 237 g/mol. The molecule has 0 amide bonds. The molecule has 0 spiro atoms. The summed E-state index contributed by atoms with van der Waals surface area (Å²) < 4.78 is 18.9. The summed E-state index contributed by atoms with van der Waals surface area (Å²) in [6.07, 6.45) is 5.55. The number of nitrogens with two attached hydrogens (primary N) is 1. The largest absolute Gasteiger partial charge is 0.490 e. The van der Waals surface area contributed by atoms with Gasteiger partial charge in [0.15, 0.2) is 0 Å². The van der Waals surface area contributed by atoms with Gasteiger partial charge in [-0.15, -0.1) is 0 Å². The number of rotatable bonds is 4. The molecule has 17 heavy (non-hydrogen) atoms. The summed E-state index contributed by atoms with van der Waals surface area (Å²) in [6.45, 7) is 2.18. The average molecular weight is 237 g/mol. The highest BCUT2D eigenvalue weighted by Crippen LogP contribution is 2.35. The van der Waals surface area contributed by atoms with Crippen molar-refractivity contribution in [3.8, 4) is 5.75 Å². The SMILES string of the molecule is CCCCCC1C[C@H](N)c2ccc(F)cc2O1. The molecule has 3 heteroatoms. The normalized spacial score (nSPS) is 23.0. The minimum atomic E-state index is -0.259. The Morgan fingerprint density at radius 1 is 1.41 bits per heavy atom. The van der Waals surface area contributed by atoms with E-state index in [9.17, 15) is 4.39 Å². The minimum Gasteiger partial charge on any atom is -0.490 e. The van der Waals surface area contributed by atoms with E-state index >= 15 is 0 Å². The molecule has 0 saturated heterocycles. The first-order valence-corrected chi connectivity index (χ1v) is 6.42. The van der Waals surface area contributed by atoms with Crippen molar-refractivity contribution in [3.05, 3.63) is 29.6 Å². The molecule has 2 N–H and O–H groups in total. The molecular formula is C14H20FNO. The van der Waals surface area contributed by atoms with E-state index in [-0.39, 0.29) is 18.0 Å². The van der Waals surface area contributed by atoms with Crippen LogP contribution in [0.2, 0.25) is 0 Å². The zero-order chi connectivity index (χ0) is 12.3. The molecule has 0 aromatic heterocycles. The Hall–Kier alpha value is -1.09. The predicted octanol–water partition coefficient (Wildman–Crippen LogP) is 3.56. The Morgan fingerprint density at radius 3 is 3.00 bits per heavy atom. The van der Waals surface area contributed by atoms with Crippen LogP contribution < -0.4 is 10.5 Å². The molecule has 1 heterocycles. The number of hydrogen-bond acceptors (Lipinski definition) is 2. The van der Waals surface area contributed by atoms with Crippen molar-refractivity contribution >= 4 is 0 Å². The van der Waals surface area contributed by atoms with Crippen LogP contribution >= 0.6 is 0 Å². The second-order valence-electron chi connectivity index (χ2n) is 4.76. The molecular weight excluding hydrogens is 217 g/mol. The van der Waals surface area contributed by atoms with E-state index in [1.54, 1.807) is 6.07 Å². The number of unbranched alkanes of at least 4 members (excludes halogenated alkanes) is 2. The third kappa shape index (κ3) is 2.97. The van der Waals surface area contributed by atoms with Gasteiger partial charge in [0.05, 0.1) is 0 Å². The Kier molecular flexibility index (Phi) is 4.00.